The first-order chi connectivity index (χ1) is 8.43. The normalized spacial score (nSPS) is 10.4. The molecule has 3 aromatic rings. The summed E-state index contributed by atoms with van der Waals surface area (Å²) in [6.45, 7) is 0. The van der Waals surface area contributed by atoms with Gasteiger partial charge in [-0.1, -0.05) is 0 Å². The van der Waals surface area contributed by atoms with Crippen molar-refractivity contribution >= 4 is 0 Å². The molecule has 0 aliphatic rings. The summed E-state index contributed by atoms with van der Waals surface area (Å²) in [6, 6.07) is 7.79. The summed E-state index contributed by atoms with van der Waals surface area (Å²) in [5.41, 5.74) is 3.12. The fourth-order valence-electron chi connectivity index (χ4n) is 1.65. The second-order valence-corrected chi connectivity index (χ2v) is 3.62. The van der Waals surface area contributed by atoms with Crippen molar-refractivity contribution < 1.29 is 0 Å². The average Bonchev–Trinajstić information content (AvgIpc) is 2.90. The molecule has 3 aromatic heterocycles. The van der Waals surface area contributed by atoms with Crippen LogP contribution in [0.4, 0.5) is 0 Å². The predicted molar refractivity (Wildman–Crippen MR) is 64.6 cm³/mol. The Morgan fingerprint density at radius 2 is 1.71 bits per heavy atom. The van der Waals surface area contributed by atoms with Gasteiger partial charge in [0.1, 0.15) is 0 Å². The molecule has 4 heteroatoms. The van der Waals surface area contributed by atoms with Crippen LogP contribution in [0.15, 0.2) is 61.4 Å². The van der Waals surface area contributed by atoms with Crippen LogP contribution in [-0.2, 0) is 0 Å². The summed E-state index contributed by atoms with van der Waals surface area (Å²) in [5.74, 6) is 0. The molecule has 4 nitrogen and oxygen atoms in total. The lowest BCUT2D eigenvalue weighted by Gasteiger charge is -1.98. The van der Waals surface area contributed by atoms with Gasteiger partial charge in [0, 0.05) is 30.4 Å². The van der Waals surface area contributed by atoms with Crippen LogP contribution in [0.5, 0.6) is 0 Å². The smallest absolute Gasteiger partial charge is 0.0828 e. The molecule has 0 spiro atoms. The minimum atomic E-state index is 0.952. The number of hydrogen-bond acceptors (Lipinski definition) is 3. The third-order valence-corrected chi connectivity index (χ3v) is 2.51. The molecule has 3 rings (SSSR count). The van der Waals surface area contributed by atoms with E-state index in [1.54, 1.807) is 24.8 Å². The van der Waals surface area contributed by atoms with Crippen LogP contribution in [-0.4, -0.2) is 19.7 Å². The van der Waals surface area contributed by atoms with E-state index in [9.17, 15) is 0 Å². The van der Waals surface area contributed by atoms with Gasteiger partial charge in [-0.3, -0.25) is 9.97 Å². The molecule has 0 amide bonds. The first kappa shape index (κ1) is 9.72. The van der Waals surface area contributed by atoms with Crippen LogP contribution in [0.3, 0.4) is 0 Å². The largest absolute Gasteiger partial charge is 0.265 e. The van der Waals surface area contributed by atoms with Crippen LogP contribution >= 0.6 is 0 Å². The molecule has 0 radical (unpaired) electrons. The van der Waals surface area contributed by atoms with E-state index in [0.717, 1.165) is 16.8 Å². The van der Waals surface area contributed by atoms with Crippen molar-refractivity contribution in [3.8, 4) is 16.8 Å². The first-order valence-corrected chi connectivity index (χ1v) is 5.29. The Balaban J connectivity index is 1.99. The Morgan fingerprint density at radius 3 is 2.47 bits per heavy atom. The summed E-state index contributed by atoms with van der Waals surface area (Å²) in [6.07, 6.45) is 10.9. The summed E-state index contributed by atoms with van der Waals surface area (Å²) in [7, 11) is 0. The van der Waals surface area contributed by atoms with Gasteiger partial charge in [0.25, 0.3) is 0 Å². The molecule has 0 fully saturated rings. The van der Waals surface area contributed by atoms with Crippen molar-refractivity contribution in [1.82, 2.24) is 19.7 Å². The van der Waals surface area contributed by atoms with Gasteiger partial charge in [0.05, 0.1) is 18.1 Å². The predicted octanol–water partition coefficient (Wildman–Crippen LogP) is 2.33. The second-order valence-electron chi connectivity index (χ2n) is 3.62. The molecule has 3 heterocycles. The Bertz CT molecular complexity index is 548. The number of pyridine rings is 2. The lowest BCUT2D eigenvalue weighted by molar-refractivity contribution is 0.874. The van der Waals surface area contributed by atoms with Crippen LogP contribution < -0.4 is 0 Å². The lowest BCUT2D eigenvalue weighted by atomic mass is 10.1. The lowest BCUT2D eigenvalue weighted by Crippen LogP contribution is -1.93. The van der Waals surface area contributed by atoms with Gasteiger partial charge >= 0.3 is 0 Å². The maximum Gasteiger partial charge on any atom is 0.0828 e. The Hall–Kier alpha value is -2.49. The van der Waals surface area contributed by atoms with Crippen LogP contribution in [0.2, 0.25) is 0 Å². The van der Waals surface area contributed by atoms with Crippen molar-refractivity contribution in [2.75, 3.05) is 0 Å². The number of aromatic nitrogens is 4. The number of nitrogens with zero attached hydrogens (tertiary/aromatic N) is 4. The van der Waals surface area contributed by atoms with E-state index < -0.39 is 0 Å². The van der Waals surface area contributed by atoms with E-state index in [0.29, 0.717) is 0 Å². The fraction of sp³-hybridized carbons (Fsp3) is 0. The highest BCUT2D eigenvalue weighted by atomic mass is 15.3. The maximum atomic E-state index is 4.32. The van der Waals surface area contributed by atoms with E-state index in [1.807, 2.05) is 41.3 Å². The molecular formula is C13H10N4. The van der Waals surface area contributed by atoms with Crippen molar-refractivity contribution in [3.63, 3.8) is 0 Å². The minimum Gasteiger partial charge on any atom is -0.265 e. The topological polar surface area (TPSA) is 43.6 Å². The Morgan fingerprint density at radius 1 is 0.824 bits per heavy atom. The molecule has 0 saturated carbocycles. The average molecular weight is 222 g/mol. The number of rotatable bonds is 2. The third kappa shape index (κ3) is 1.92. The van der Waals surface area contributed by atoms with Crippen molar-refractivity contribution in [2.45, 2.75) is 0 Å². The standard InChI is InChI=1S/C13H10N4/c1-2-13(9-15-5-1)17-10-12(8-16-17)11-3-6-14-7-4-11/h1-10H. The molecule has 0 bridgehead atoms. The fourth-order valence-corrected chi connectivity index (χ4v) is 1.65. The summed E-state index contributed by atoms with van der Waals surface area (Å²) >= 11 is 0. The highest BCUT2D eigenvalue weighted by Gasteiger charge is 2.02. The van der Waals surface area contributed by atoms with Crippen molar-refractivity contribution in [3.05, 3.63) is 61.4 Å². The molecule has 0 aromatic carbocycles. The second kappa shape index (κ2) is 4.17. The molecular weight excluding hydrogens is 212 g/mol. The third-order valence-electron chi connectivity index (χ3n) is 2.51. The van der Waals surface area contributed by atoms with E-state index >= 15 is 0 Å². The van der Waals surface area contributed by atoms with Gasteiger partial charge in [-0.05, 0) is 29.8 Å². The van der Waals surface area contributed by atoms with E-state index in [-0.39, 0.29) is 0 Å². The highest BCUT2D eigenvalue weighted by Crippen LogP contribution is 2.18. The molecule has 0 aliphatic carbocycles. The highest BCUT2D eigenvalue weighted by molar-refractivity contribution is 5.61. The summed E-state index contributed by atoms with van der Waals surface area (Å²) in [4.78, 5) is 8.07. The zero-order chi connectivity index (χ0) is 11.5. The van der Waals surface area contributed by atoms with Crippen molar-refractivity contribution in [1.29, 1.82) is 0 Å². The van der Waals surface area contributed by atoms with Crippen LogP contribution in [0.1, 0.15) is 0 Å². The first-order valence-electron chi connectivity index (χ1n) is 5.29. The maximum absolute atomic E-state index is 4.32. The van der Waals surface area contributed by atoms with Crippen LogP contribution in [0.25, 0.3) is 16.8 Å². The summed E-state index contributed by atoms with van der Waals surface area (Å²) in [5, 5.41) is 4.32. The monoisotopic (exact) mass is 222 g/mol. The molecule has 0 N–H and O–H groups in total. The van der Waals surface area contributed by atoms with Crippen LogP contribution in [0, 0.1) is 0 Å². The molecule has 0 aliphatic heterocycles. The zero-order valence-electron chi connectivity index (χ0n) is 9.06. The summed E-state index contributed by atoms with van der Waals surface area (Å²) < 4.78 is 1.81. The quantitative estimate of drug-likeness (QED) is 0.668. The van der Waals surface area contributed by atoms with E-state index in [4.69, 9.17) is 0 Å². The Labute approximate surface area is 98.6 Å². The number of hydrogen-bond donors (Lipinski definition) is 0. The van der Waals surface area contributed by atoms with E-state index in [1.165, 1.54) is 0 Å². The molecule has 17 heavy (non-hydrogen) atoms. The molecule has 0 unspecified atom stereocenters. The SMILES string of the molecule is c1cncc(-n2cc(-c3ccncc3)cn2)c1. The van der Waals surface area contributed by atoms with Gasteiger partial charge in [0.2, 0.25) is 0 Å². The van der Waals surface area contributed by atoms with Gasteiger partial charge < -0.3 is 0 Å². The van der Waals surface area contributed by atoms with Gasteiger partial charge in [0.15, 0.2) is 0 Å². The molecule has 0 atom stereocenters. The van der Waals surface area contributed by atoms with Gasteiger partial charge in [-0.25, -0.2) is 4.68 Å². The van der Waals surface area contributed by atoms with Gasteiger partial charge in [-0.15, -0.1) is 0 Å². The van der Waals surface area contributed by atoms with Crippen molar-refractivity contribution in [2.24, 2.45) is 0 Å². The van der Waals surface area contributed by atoms with Gasteiger partial charge in [-0.2, -0.15) is 5.10 Å². The molecule has 82 valence electrons. The molecule has 0 saturated heterocycles. The minimum absolute atomic E-state index is 0.952. The van der Waals surface area contributed by atoms with E-state index in [2.05, 4.69) is 15.1 Å². The zero-order valence-corrected chi connectivity index (χ0v) is 9.06. The Kier molecular flexibility index (Phi) is 2.38.